The zero-order valence-electron chi connectivity index (χ0n) is 24.5. The third kappa shape index (κ3) is 4.68. The highest BCUT2D eigenvalue weighted by Crippen LogP contribution is 2.65. The number of ether oxygens (including phenoxy) is 4. The molecule has 256 valence electrons. The molecule has 8 rings (SSSR count). The molecule has 0 aromatic carbocycles. The predicted molar refractivity (Wildman–Crippen MR) is 157 cm³/mol. The summed E-state index contributed by atoms with van der Waals surface area (Å²) in [5.74, 6) is -2.53. The maximum Gasteiger partial charge on any atom is 0.534 e. The molecule has 3 aliphatic heterocycles. The maximum atomic E-state index is 13.8. The molecule has 7 heterocycles. The Hall–Kier alpha value is -3.37. The summed E-state index contributed by atoms with van der Waals surface area (Å²) in [5.41, 5.74) is 11.0. The van der Waals surface area contributed by atoms with E-state index in [9.17, 15) is 34.2 Å². The molecular weight excluding hydrogens is 682 g/mol. The molecular formula is C24H29N10O12P2+. The van der Waals surface area contributed by atoms with Gasteiger partial charge in [-0.3, -0.25) is 9.13 Å². The number of anilines is 2. The Balaban J connectivity index is 1.05. The van der Waals surface area contributed by atoms with Crippen molar-refractivity contribution in [2.24, 2.45) is 5.92 Å². The lowest BCUT2D eigenvalue weighted by atomic mass is 9.92. The molecule has 48 heavy (non-hydrogen) atoms. The van der Waals surface area contributed by atoms with Crippen molar-refractivity contribution < 1.29 is 57.7 Å². The van der Waals surface area contributed by atoms with Crippen molar-refractivity contribution in [2.75, 3.05) is 37.2 Å². The van der Waals surface area contributed by atoms with E-state index in [1.807, 2.05) is 0 Å². The minimum atomic E-state index is -4.70. The van der Waals surface area contributed by atoms with Gasteiger partial charge in [0.25, 0.3) is 6.35 Å². The summed E-state index contributed by atoms with van der Waals surface area (Å²) in [6, 6.07) is -0.798. The Morgan fingerprint density at radius 1 is 1.02 bits per heavy atom. The fourth-order valence-electron chi connectivity index (χ4n) is 7.06. The van der Waals surface area contributed by atoms with E-state index >= 15 is 0 Å². The second kappa shape index (κ2) is 11.1. The number of imidazole rings is 2. The molecule has 1 saturated carbocycles. The molecule has 8 unspecified atom stereocenters. The van der Waals surface area contributed by atoms with E-state index in [-0.39, 0.29) is 22.8 Å². The summed E-state index contributed by atoms with van der Waals surface area (Å²) in [7, 11) is -7.45. The topological polar surface area (TPSA) is 321 Å². The smallest absolute Gasteiger partial charge is 0.394 e. The van der Waals surface area contributed by atoms with Crippen LogP contribution < -0.4 is 11.5 Å². The molecule has 1 aliphatic carbocycles. The molecule has 4 aromatic rings. The van der Waals surface area contributed by atoms with Gasteiger partial charge in [-0.05, 0) is 4.57 Å². The number of fused-ring (bicyclic) bond motifs is 4. The molecule has 4 fully saturated rings. The number of aliphatic hydroxyl groups is 3. The number of hydrogen-bond acceptors (Lipinski definition) is 18. The van der Waals surface area contributed by atoms with Crippen LogP contribution >= 0.6 is 15.6 Å². The molecule has 4 aliphatic rings. The fourth-order valence-corrected chi connectivity index (χ4v) is 8.81. The van der Waals surface area contributed by atoms with E-state index in [0.717, 1.165) is 0 Å². The van der Waals surface area contributed by atoms with Crippen LogP contribution in [-0.2, 0) is 38.3 Å². The van der Waals surface area contributed by atoms with Crippen LogP contribution in [0.15, 0.2) is 25.3 Å². The SMILES string of the molecule is Nc1ncnc2c1ncn2[C@H]1C2C(OC[P+](=O)O)[C@@H](COP(=O)(O)CC3(n4cnc5c(N)ncnc54)OC4C(O)[C@@H](CO)O[C@H]43)OC21O. The molecule has 3 saturated heterocycles. The first-order valence-corrected chi connectivity index (χ1v) is 17.7. The van der Waals surface area contributed by atoms with Gasteiger partial charge in [0.2, 0.25) is 0 Å². The Morgan fingerprint density at radius 3 is 2.42 bits per heavy atom. The van der Waals surface area contributed by atoms with Crippen molar-refractivity contribution in [3.8, 4) is 0 Å². The summed E-state index contributed by atoms with van der Waals surface area (Å²) in [4.78, 5) is 45.3. The number of hydrogen-bond donors (Lipinski definition) is 7. The van der Waals surface area contributed by atoms with E-state index in [4.69, 9.17) is 34.9 Å². The van der Waals surface area contributed by atoms with Crippen LogP contribution in [0.3, 0.4) is 0 Å². The van der Waals surface area contributed by atoms with Crippen LogP contribution in [0.4, 0.5) is 11.6 Å². The Morgan fingerprint density at radius 2 is 1.71 bits per heavy atom. The minimum absolute atomic E-state index is 0.0391. The van der Waals surface area contributed by atoms with Gasteiger partial charge in [-0.1, -0.05) is 0 Å². The fraction of sp³-hybridized carbons (Fsp3) is 0.583. The molecule has 24 heteroatoms. The summed E-state index contributed by atoms with van der Waals surface area (Å²) in [5, 5.41) is 31.8. The molecule has 22 nitrogen and oxygen atoms in total. The Labute approximate surface area is 269 Å². The summed E-state index contributed by atoms with van der Waals surface area (Å²) >= 11 is 0. The van der Waals surface area contributed by atoms with Crippen LogP contribution in [0, 0.1) is 5.92 Å². The van der Waals surface area contributed by atoms with Gasteiger partial charge in [-0.25, -0.2) is 29.9 Å². The van der Waals surface area contributed by atoms with Crippen LogP contribution in [0.2, 0.25) is 0 Å². The molecule has 0 radical (unpaired) electrons. The van der Waals surface area contributed by atoms with Gasteiger partial charge in [-0.2, -0.15) is 4.89 Å². The number of aliphatic hydroxyl groups excluding tert-OH is 2. The quantitative estimate of drug-likeness (QED) is 0.0793. The van der Waals surface area contributed by atoms with E-state index in [1.54, 1.807) is 0 Å². The number of rotatable bonds is 11. The van der Waals surface area contributed by atoms with E-state index in [2.05, 4.69) is 29.9 Å². The van der Waals surface area contributed by atoms with Gasteiger partial charge in [0.1, 0.15) is 72.5 Å². The summed E-state index contributed by atoms with van der Waals surface area (Å²) in [6.45, 7) is -1.14. The lowest BCUT2D eigenvalue weighted by Crippen LogP contribution is -2.67. The highest BCUT2D eigenvalue weighted by Gasteiger charge is 2.78. The number of nitrogens with two attached hydrogens (primary N) is 2. The van der Waals surface area contributed by atoms with Crippen molar-refractivity contribution >= 4 is 49.6 Å². The highest BCUT2D eigenvalue weighted by atomic mass is 31.2. The summed E-state index contributed by atoms with van der Waals surface area (Å²) < 4.78 is 57.3. The summed E-state index contributed by atoms with van der Waals surface area (Å²) in [6.07, 6.45) is -2.81. The molecule has 12 atom stereocenters. The molecule has 9 N–H and O–H groups in total. The monoisotopic (exact) mass is 711 g/mol. The van der Waals surface area contributed by atoms with E-state index < -0.39 is 101 Å². The van der Waals surface area contributed by atoms with E-state index in [0.29, 0.717) is 11.2 Å². The Bertz CT molecular complexity index is 1980. The van der Waals surface area contributed by atoms with Crippen molar-refractivity contribution in [3.63, 3.8) is 0 Å². The molecule has 0 spiro atoms. The third-order valence-electron chi connectivity index (χ3n) is 9.20. The molecule has 4 aromatic heterocycles. The van der Waals surface area contributed by atoms with Crippen LogP contribution in [-0.4, -0.2) is 132 Å². The number of nitrogens with zero attached hydrogens (tertiary/aromatic N) is 8. The normalized spacial score (nSPS) is 36.9. The standard InChI is InChI=1S/C24H28N10O12P2/c25-19-12-21(29-4-27-19)33(6-31-12)17-11-15(42-8-47(38)39)10(45-24(11,17)37)2-43-48(40,41)3-23(18-16(46-23)14(36)9(1-35)44-18)34-7-32-13-20(26)28-5-30-22(13)34/h4-7,9-11,14-18,35-37H,1-3,8H2,(H5-,25,26,27,28,29,30,38,39,40,41)/p+1/t9-,10-,11?,14?,15?,16?,17+,18-,23?,24?/m1/s1. The minimum Gasteiger partial charge on any atom is -0.394 e. The lowest BCUT2D eigenvalue weighted by molar-refractivity contribution is -0.313. The van der Waals surface area contributed by atoms with Crippen LogP contribution in [0.5, 0.6) is 0 Å². The van der Waals surface area contributed by atoms with Crippen molar-refractivity contribution in [3.05, 3.63) is 25.3 Å². The van der Waals surface area contributed by atoms with Gasteiger partial charge in [0.15, 0.2) is 34.4 Å². The van der Waals surface area contributed by atoms with Gasteiger partial charge in [0.05, 0.1) is 31.8 Å². The van der Waals surface area contributed by atoms with Gasteiger partial charge < -0.3 is 59.7 Å². The van der Waals surface area contributed by atoms with Crippen LogP contribution in [0.1, 0.15) is 6.04 Å². The first kappa shape index (κ1) is 31.9. The zero-order chi connectivity index (χ0) is 33.7. The number of aromatic nitrogens is 8. The first-order valence-electron chi connectivity index (χ1n) is 14.5. The second-order valence-corrected chi connectivity index (χ2v) is 14.7. The predicted octanol–water partition coefficient (Wildman–Crippen LogP) is -2.46. The molecule has 0 bridgehead atoms. The Kier molecular flexibility index (Phi) is 7.35. The first-order chi connectivity index (χ1) is 22.9. The van der Waals surface area contributed by atoms with Crippen molar-refractivity contribution in [1.82, 2.24) is 39.0 Å². The average molecular weight is 712 g/mol. The maximum absolute atomic E-state index is 13.8. The van der Waals surface area contributed by atoms with Gasteiger partial charge >= 0.3 is 15.6 Å². The van der Waals surface area contributed by atoms with Gasteiger partial charge in [0, 0.05) is 0 Å². The van der Waals surface area contributed by atoms with E-state index in [1.165, 1.54) is 34.4 Å². The zero-order valence-corrected chi connectivity index (χ0v) is 26.3. The second-order valence-electron chi connectivity index (χ2n) is 11.9. The molecule has 0 amide bonds. The lowest BCUT2D eigenvalue weighted by Gasteiger charge is -2.51. The highest BCUT2D eigenvalue weighted by molar-refractivity contribution is 7.52. The van der Waals surface area contributed by atoms with Gasteiger partial charge in [-0.15, -0.1) is 0 Å². The largest absolute Gasteiger partial charge is 0.534 e. The third-order valence-corrected chi connectivity index (χ3v) is 11.0. The van der Waals surface area contributed by atoms with Crippen molar-refractivity contribution in [2.45, 2.75) is 54.2 Å². The van der Waals surface area contributed by atoms with Crippen LogP contribution in [0.25, 0.3) is 22.3 Å². The van der Waals surface area contributed by atoms with Crippen molar-refractivity contribution in [1.29, 1.82) is 0 Å². The average Bonchev–Trinajstić information content (AvgIpc) is 3.53. The number of nitrogen functional groups attached to an aromatic ring is 2.